The van der Waals surface area contributed by atoms with E-state index in [1.807, 2.05) is 6.92 Å². The van der Waals surface area contributed by atoms with E-state index in [0.717, 1.165) is 6.54 Å². The number of aliphatic hydroxyl groups is 1. The van der Waals surface area contributed by atoms with Gasteiger partial charge in [0.1, 0.15) is 6.61 Å². The van der Waals surface area contributed by atoms with Crippen LogP contribution >= 0.6 is 0 Å². The first-order valence-electron chi connectivity index (χ1n) is 5.93. The van der Waals surface area contributed by atoms with E-state index in [1.54, 1.807) is 0 Å². The van der Waals surface area contributed by atoms with Crippen molar-refractivity contribution in [2.24, 2.45) is 0 Å². The Balaban J connectivity index is 2.26. The van der Waals surface area contributed by atoms with Crippen molar-refractivity contribution in [3.05, 3.63) is 0 Å². The lowest BCUT2D eigenvalue weighted by Crippen LogP contribution is -2.44. The van der Waals surface area contributed by atoms with Crippen LogP contribution in [0.15, 0.2) is 0 Å². The van der Waals surface area contributed by atoms with E-state index in [4.69, 9.17) is 9.47 Å². The van der Waals surface area contributed by atoms with Crippen molar-refractivity contribution in [3.8, 4) is 0 Å². The molecule has 0 bridgehead atoms. The zero-order valence-corrected chi connectivity index (χ0v) is 10.5. The van der Waals surface area contributed by atoms with Crippen molar-refractivity contribution >= 4 is 5.91 Å². The van der Waals surface area contributed by atoms with E-state index in [1.165, 1.54) is 7.11 Å². The molecule has 0 aliphatic carbocycles. The minimum absolute atomic E-state index is 0.0299. The molecule has 1 aliphatic rings. The van der Waals surface area contributed by atoms with Crippen LogP contribution in [-0.4, -0.2) is 74.6 Å². The van der Waals surface area contributed by atoms with Crippen LogP contribution in [0.2, 0.25) is 0 Å². The Bertz CT molecular complexity index is 238. The van der Waals surface area contributed by atoms with Gasteiger partial charge in [0.25, 0.3) is 0 Å². The van der Waals surface area contributed by atoms with Gasteiger partial charge in [-0.2, -0.15) is 0 Å². The lowest BCUT2D eigenvalue weighted by Gasteiger charge is -2.16. The smallest absolute Gasteiger partial charge is 0.246 e. The highest BCUT2D eigenvalue weighted by molar-refractivity contribution is 5.77. The van der Waals surface area contributed by atoms with E-state index in [-0.39, 0.29) is 18.6 Å². The molecular weight excluding hydrogens is 224 g/mol. The third-order valence-corrected chi connectivity index (χ3v) is 2.74. The number of hydrogen-bond acceptors (Lipinski definition) is 5. The van der Waals surface area contributed by atoms with E-state index < -0.39 is 6.10 Å². The van der Waals surface area contributed by atoms with Crippen LogP contribution in [0.3, 0.4) is 0 Å². The predicted molar refractivity (Wildman–Crippen MR) is 62.7 cm³/mol. The molecule has 17 heavy (non-hydrogen) atoms. The van der Waals surface area contributed by atoms with Crippen molar-refractivity contribution in [1.29, 1.82) is 0 Å². The lowest BCUT2D eigenvalue weighted by atomic mass is 10.2. The molecule has 0 spiro atoms. The first kappa shape index (κ1) is 14.4. The van der Waals surface area contributed by atoms with Crippen LogP contribution in [0.25, 0.3) is 0 Å². The van der Waals surface area contributed by atoms with Crippen molar-refractivity contribution in [1.82, 2.24) is 10.2 Å². The first-order valence-corrected chi connectivity index (χ1v) is 5.93. The zero-order valence-electron chi connectivity index (χ0n) is 10.5. The van der Waals surface area contributed by atoms with E-state index >= 15 is 0 Å². The largest absolute Gasteiger partial charge is 0.390 e. The summed E-state index contributed by atoms with van der Waals surface area (Å²) >= 11 is 0. The number of rotatable bonds is 7. The fourth-order valence-electron chi connectivity index (χ4n) is 1.91. The second-order valence-corrected chi connectivity index (χ2v) is 4.13. The molecule has 1 rings (SSSR count). The van der Waals surface area contributed by atoms with Crippen LogP contribution in [0.1, 0.15) is 6.92 Å². The fourth-order valence-corrected chi connectivity index (χ4v) is 1.91. The van der Waals surface area contributed by atoms with Crippen molar-refractivity contribution in [2.75, 3.05) is 46.6 Å². The summed E-state index contributed by atoms with van der Waals surface area (Å²) in [5.41, 5.74) is 0. The molecule has 2 N–H and O–H groups in total. The number of carbonyl (C=O) groups is 1. The molecule has 0 unspecified atom stereocenters. The maximum atomic E-state index is 11.3. The number of nitrogens with zero attached hydrogens (tertiary/aromatic N) is 1. The first-order chi connectivity index (χ1) is 8.17. The van der Waals surface area contributed by atoms with Gasteiger partial charge < -0.3 is 19.9 Å². The molecular formula is C11H22N2O4. The Hall–Kier alpha value is -0.690. The molecule has 1 amide bonds. The Labute approximate surface area is 102 Å². The molecule has 1 fully saturated rings. The van der Waals surface area contributed by atoms with Crippen molar-refractivity contribution in [2.45, 2.75) is 19.1 Å². The molecule has 1 aliphatic heterocycles. The monoisotopic (exact) mass is 246 g/mol. The van der Waals surface area contributed by atoms with Crippen LogP contribution < -0.4 is 5.32 Å². The van der Waals surface area contributed by atoms with Gasteiger partial charge in [-0.05, 0) is 6.92 Å². The summed E-state index contributed by atoms with van der Waals surface area (Å²) in [6.45, 7) is 5.34. The average Bonchev–Trinajstić information content (AvgIpc) is 2.60. The van der Waals surface area contributed by atoms with Gasteiger partial charge in [0.15, 0.2) is 0 Å². The molecule has 2 atom stereocenters. The maximum Gasteiger partial charge on any atom is 0.246 e. The van der Waals surface area contributed by atoms with E-state index in [9.17, 15) is 9.90 Å². The second-order valence-electron chi connectivity index (χ2n) is 4.13. The second kappa shape index (κ2) is 7.60. The highest BCUT2D eigenvalue weighted by Gasteiger charge is 2.31. The number of hydrogen-bond donors (Lipinski definition) is 2. The normalized spacial score (nSPS) is 25.1. The van der Waals surface area contributed by atoms with Gasteiger partial charge in [0.05, 0.1) is 18.8 Å². The number of carbonyl (C=O) groups excluding carboxylic acids is 1. The molecule has 100 valence electrons. The number of aliphatic hydroxyl groups excluding tert-OH is 1. The molecule has 1 saturated heterocycles. The van der Waals surface area contributed by atoms with Gasteiger partial charge in [0, 0.05) is 33.4 Å². The third-order valence-electron chi connectivity index (χ3n) is 2.74. The summed E-state index contributed by atoms with van der Waals surface area (Å²) in [5, 5.41) is 12.5. The maximum absolute atomic E-state index is 11.3. The van der Waals surface area contributed by atoms with Gasteiger partial charge in [-0.1, -0.05) is 0 Å². The average molecular weight is 246 g/mol. The van der Waals surface area contributed by atoms with Crippen LogP contribution in [0.4, 0.5) is 0 Å². The Morgan fingerprint density at radius 2 is 2.29 bits per heavy atom. The topological polar surface area (TPSA) is 71.0 Å². The minimum Gasteiger partial charge on any atom is -0.390 e. The summed E-state index contributed by atoms with van der Waals surface area (Å²) in [4.78, 5) is 13.4. The predicted octanol–water partition coefficient (Wildman–Crippen LogP) is -1.17. The Morgan fingerprint density at radius 3 is 2.94 bits per heavy atom. The Kier molecular flexibility index (Phi) is 6.43. The third kappa shape index (κ3) is 4.99. The summed E-state index contributed by atoms with van der Waals surface area (Å²) in [5.74, 6) is -0.191. The van der Waals surface area contributed by atoms with Crippen molar-refractivity contribution in [3.63, 3.8) is 0 Å². The van der Waals surface area contributed by atoms with Crippen LogP contribution in [0, 0.1) is 0 Å². The molecule has 0 aromatic carbocycles. The molecule has 6 heteroatoms. The number of amides is 1. The highest BCUT2D eigenvalue weighted by atomic mass is 16.5. The van der Waals surface area contributed by atoms with E-state index in [0.29, 0.717) is 26.3 Å². The fraction of sp³-hybridized carbons (Fsp3) is 0.909. The molecule has 0 radical (unpaired) electrons. The molecule has 0 saturated carbocycles. The Morgan fingerprint density at radius 1 is 1.53 bits per heavy atom. The standard InChI is InChI=1S/C11H22N2O4/c1-3-17-5-4-13-6-9(10(14)7-13)12-11(15)8-16-2/h9-10,14H,3-8H2,1-2H3,(H,12,15)/t9-,10-/m1/s1. The minimum atomic E-state index is -0.516. The van der Waals surface area contributed by atoms with Gasteiger partial charge in [0.2, 0.25) is 5.91 Å². The summed E-state index contributed by atoms with van der Waals surface area (Å²) in [7, 11) is 1.47. The van der Waals surface area contributed by atoms with Gasteiger partial charge >= 0.3 is 0 Å². The number of ether oxygens (including phenoxy) is 2. The van der Waals surface area contributed by atoms with Crippen LogP contribution in [-0.2, 0) is 14.3 Å². The molecule has 0 aromatic heterocycles. The number of β-amino-alcohol motifs (C(OH)–C–C–N with tert-alkyl or cyclic N) is 1. The van der Waals surface area contributed by atoms with Crippen LogP contribution in [0.5, 0.6) is 0 Å². The number of nitrogens with one attached hydrogen (secondary N) is 1. The van der Waals surface area contributed by atoms with Crippen molar-refractivity contribution < 1.29 is 19.4 Å². The zero-order chi connectivity index (χ0) is 12.7. The number of methoxy groups -OCH3 is 1. The van der Waals surface area contributed by atoms with Gasteiger partial charge in [-0.3, -0.25) is 9.69 Å². The summed E-state index contributed by atoms with van der Waals surface area (Å²) < 4.78 is 9.98. The summed E-state index contributed by atoms with van der Waals surface area (Å²) in [6.07, 6.45) is -0.516. The quantitative estimate of drug-likeness (QED) is 0.554. The molecule has 1 heterocycles. The SMILES string of the molecule is CCOCCN1C[C@@H](O)[C@H](NC(=O)COC)C1. The van der Waals surface area contributed by atoms with E-state index in [2.05, 4.69) is 10.2 Å². The lowest BCUT2D eigenvalue weighted by molar-refractivity contribution is -0.125. The molecule has 0 aromatic rings. The van der Waals surface area contributed by atoms with Gasteiger partial charge in [-0.15, -0.1) is 0 Å². The number of likely N-dealkylation sites (tertiary alicyclic amines) is 1. The van der Waals surface area contributed by atoms with Gasteiger partial charge in [-0.25, -0.2) is 0 Å². The summed E-state index contributed by atoms with van der Waals surface area (Å²) in [6, 6.07) is -0.209. The highest BCUT2D eigenvalue weighted by Crippen LogP contribution is 2.09. The molecule has 6 nitrogen and oxygen atoms in total.